The third-order valence-electron chi connectivity index (χ3n) is 3.87. The highest BCUT2D eigenvalue weighted by Crippen LogP contribution is 2.33. The Morgan fingerprint density at radius 3 is 2.80 bits per heavy atom. The van der Waals surface area contributed by atoms with Gasteiger partial charge in [0.25, 0.3) is 0 Å². The first-order valence-electron chi connectivity index (χ1n) is 7.54. The average Bonchev–Trinajstić information content (AvgIpc) is 2.44. The second-order valence-electron chi connectivity index (χ2n) is 5.54. The molecule has 0 amide bonds. The smallest absolute Gasteiger partial charge is 0.100 e. The summed E-state index contributed by atoms with van der Waals surface area (Å²) in [4.78, 5) is 0. The van der Waals surface area contributed by atoms with Gasteiger partial charge in [-0.2, -0.15) is 0 Å². The fourth-order valence-corrected chi connectivity index (χ4v) is 4.10. The SMILES string of the molecule is C=S(Cc1ccccc1)OC1C(CCC)CCOC1C. The Balaban J connectivity index is 1.93. The summed E-state index contributed by atoms with van der Waals surface area (Å²) < 4.78 is 12.0. The van der Waals surface area contributed by atoms with Crippen molar-refractivity contribution in [3.8, 4) is 0 Å². The van der Waals surface area contributed by atoms with Crippen LogP contribution in [0.25, 0.3) is 0 Å². The maximum absolute atomic E-state index is 6.26. The van der Waals surface area contributed by atoms with Crippen molar-refractivity contribution in [1.29, 1.82) is 0 Å². The van der Waals surface area contributed by atoms with E-state index in [1.54, 1.807) is 0 Å². The van der Waals surface area contributed by atoms with Crippen LogP contribution >= 0.6 is 10.8 Å². The molecule has 1 aliphatic rings. The van der Waals surface area contributed by atoms with Crippen molar-refractivity contribution in [1.82, 2.24) is 0 Å². The van der Waals surface area contributed by atoms with Crippen molar-refractivity contribution in [2.24, 2.45) is 5.92 Å². The lowest BCUT2D eigenvalue weighted by atomic mass is 9.89. The molecule has 2 rings (SSSR count). The monoisotopic (exact) mass is 294 g/mol. The van der Waals surface area contributed by atoms with Crippen LogP contribution in [0.15, 0.2) is 30.3 Å². The molecule has 1 fully saturated rings. The van der Waals surface area contributed by atoms with Crippen LogP contribution in [0.1, 0.15) is 38.7 Å². The zero-order valence-electron chi connectivity index (χ0n) is 12.6. The zero-order chi connectivity index (χ0) is 14.4. The predicted octanol–water partition coefficient (Wildman–Crippen LogP) is 4.41. The fraction of sp³-hybridized carbons (Fsp3) is 0.588. The Hall–Kier alpha value is -0.640. The Bertz CT molecular complexity index is 416. The standard InChI is InChI=1S/C17H26O2S/c1-4-8-16-11-12-18-14(2)17(16)19-20(3)13-15-9-6-5-7-10-15/h5-7,9-10,14,16-17H,3-4,8,11-13H2,1-2H3. The first-order valence-corrected chi connectivity index (χ1v) is 9.02. The summed E-state index contributed by atoms with van der Waals surface area (Å²) in [6.45, 7) is 5.24. The molecule has 1 aromatic rings. The number of rotatable bonds is 6. The van der Waals surface area contributed by atoms with Crippen LogP contribution in [0.3, 0.4) is 0 Å². The molecule has 0 spiro atoms. The Morgan fingerprint density at radius 1 is 1.35 bits per heavy atom. The Kier molecular flexibility index (Phi) is 6.27. The van der Waals surface area contributed by atoms with Crippen molar-refractivity contribution in [2.45, 2.75) is 51.1 Å². The number of hydrogen-bond donors (Lipinski definition) is 0. The van der Waals surface area contributed by atoms with Crippen molar-refractivity contribution in [2.75, 3.05) is 6.61 Å². The molecule has 3 heteroatoms. The topological polar surface area (TPSA) is 18.5 Å². The van der Waals surface area contributed by atoms with E-state index >= 15 is 0 Å². The van der Waals surface area contributed by atoms with E-state index in [-0.39, 0.29) is 23.0 Å². The Labute approximate surface area is 125 Å². The van der Waals surface area contributed by atoms with E-state index in [0.717, 1.165) is 18.8 Å². The lowest BCUT2D eigenvalue weighted by Crippen LogP contribution is -2.40. The van der Waals surface area contributed by atoms with Gasteiger partial charge < -0.3 is 8.92 Å². The van der Waals surface area contributed by atoms with Gasteiger partial charge in [-0.1, -0.05) is 54.4 Å². The predicted molar refractivity (Wildman–Crippen MR) is 88.2 cm³/mol. The highest BCUT2D eigenvalue weighted by atomic mass is 32.2. The minimum absolute atomic E-state index is 0.188. The van der Waals surface area contributed by atoms with Crippen molar-refractivity contribution in [3.63, 3.8) is 0 Å². The van der Waals surface area contributed by atoms with Crippen LogP contribution in [0, 0.1) is 5.92 Å². The van der Waals surface area contributed by atoms with E-state index in [4.69, 9.17) is 8.92 Å². The minimum Gasteiger partial charge on any atom is -0.376 e. The highest BCUT2D eigenvalue weighted by Gasteiger charge is 2.32. The van der Waals surface area contributed by atoms with Crippen LogP contribution in [0.4, 0.5) is 0 Å². The molecule has 4 atom stereocenters. The largest absolute Gasteiger partial charge is 0.376 e. The summed E-state index contributed by atoms with van der Waals surface area (Å²) in [5.41, 5.74) is 1.29. The van der Waals surface area contributed by atoms with Crippen LogP contribution in [0.2, 0.25) is 0 Å². The molecular formula is C17H26O2S. The second-order valence-corrected chi connectivity index (χ2v) is 6.90. The van der Waals surface area contributed by atoms with Crippen molar-refractivity contribution in [3.05, 3.63) is 35.9 Å². The molecule has 0 radical (unpaired) electrons. The maximum Gasteiger partial charge on any atom is 0.100 e. The molecule has 1 aromatic carbocycles. The zero-order valence-corrected chi connectivity index (χ0v) is 13.4. The molecular weight excluding hydrogens is 268 g/mol. The highest BCUT2D eigenvalue weighted by molar-refractivity contribution is 8.09. The Morgan fingerprint density at radius 2 is 2.10 bits per heavy atom. The molecule has 2 nitrogen and oxygen atoms in total. The summed E-state index contributed by atoms with van der Waals surface area (Å²) in [5.74, 6) is 5.72. The first-order chi connectivity index (χ1) is 9.70. The average molecular weight is 294 g/mol. The lowest BCUT2D eigenvalue weighted by molar-refractivity contribution is -0.0794. The second kappa shape index (κ2) is 7.96. The first kappa shape index (κ1) is 15.7. The number of hydrogen-bond acceptors (Lipinski definition) is 2. The van der Waals surface area contributed by atoms with Gasteiger partial charge >= 0.3 is 0 Å². The summed E-state index contributed by atoms with van der Waals surface area (Å²) in [6, 6.07) is 10.5. The van der Waals surface area contributed by atoms with E-state index in [1.807, 2.05) is 6.07 Å². The van der Waals surface area contributed by atoms with Crippen LogP contribution in [-0.2, 0) is 14.7 Å². The molecule has 20 heavy (non-hydrogen) atoms. The summed E-state index contributed by atoms with van der Waals surface area (Å²) in [5, 5.41) is 0. The maximum atomic E-state index is 6.26. The molecule has 1 saturated heterocycles. The summed E-state index contributed by atoms with van der Waals surface area (Å²) in [6.07, 6.45) is 3.94. The molecule has 1 heterocycles. The number of ether oxygens (including phenoxy) is 1. The van der Waals surface area contributed by atoms with E-state index in [9.17, 15) is 0 Å². The van der Waals surface area contributed by atoms with E-state index in [2.05, 4.69) is 44.0 Å². The van der Waals surface area contributed by atoms with Gasteiger partial charge in [0.2, 0.25) is 0 Å². The molecule has 0 aliphatic carbocycles. The molecule has 1 aliphatic heterocycles. The van der Waals surface area contributed by atoms with Gasteiger partial charge in [-0.15, -0.1) is 0 Å². The third-order valence-corrected chi connectivity index (χ3v) is 5.02. The van der Waals surface area contributed by atoms with Crippen LogP contribution in [-0.4, -0.2) is 24.7 Å². The van der Waals surface area contributed by atoms with Gasteiger partial charge in [0.05, 0.1) is 6.10 Å². The molecule has 0 saturated carbocycles. The van der Waals surface area contributed by atoms with Crippen molar-refractivity contribution >= 4 is 16.6 Å². The summed E-state index contributed by atoms with van der Waals surface area (Å²) in [7, 11) is -0.294. The molecule has 0 N–H and O–H groups in total. The number of benzene rings is 1. The molecule has 0 aromatic heterocycles. The van der Waals surface area contributed by atoms with Gasteiger partial charge in [-0.3, -0.25) is 0 Å². The fourth-order valence-electron chi connectivity index (χ4n) is 2.84. The van der Waals surface area contributed by atoms with Gasteiger partial charge in [-0.25, -0.2) is 0 Å². The van der Waals surface area contributed by atoms with Crippen LogP contribution in [0.5, 0.6) is 0 Å². The lowest BCUT2D eigenvalue weighted by Gasteiger charge is -2.36. The van der Waals surface area contributed by atoms with Crippen LogP contribution < -0.4 is 0 Å². The van der Waals surface area contributed by atoms with Gasteiger partial charge in [-0.05, 0) is 37.1 Å². The normalized spacial score (nSPS) is 28.2. The van der Waals surface area contributed by atoms with E-state index in [0.29, 0.717) is 5.92 Å². The molecule has 0 bridgehead atoms. The quantitative estimate of drug-likeness (QED) is 0.723. The van der Waals surface area contributed by atoms with Crippen molar-refractivity contribution < 1.29 is 8.92 Å². The van der Waals surface area contributed by atoms with Gasteiger partial charge in [0.1, 0.15) is 6.10 Å². The third kappa shape index (κ3) is 4.44. The van der Waals surface area contributed by atoms with E-state index in [1.165, 1.54) is 18.4 Å². The molecule has 112 valence electrons. The van der Waals surface area contributed by atoms with Gasteiger partial charge in [0.15, 0.2) is 0 Å². The minimum atomic E-state index is -0.294. The van der Waals surface area contributed by atoms with Gasteiger partial charge in [0, 0.05) is 12.4 Å². The summed E-state index contributed by atoms with van der Waals surface area (Å²) >= 11 is 0. The van der Waals surface area contributed by atoms with E-state index < -0.39 is 0 Å². The molecule has 4 unspecified atom stereocenters.